The zero-order valence-corrected chi connectivity index (χ0v) is 13.8. The van der Waals surface area contributed by atoms with Crippen molar-refractivity contribution in [1.82, 2.24) is 0 Å². The minimum absolute atomic E-state index is 0.0579. The standard InChI is InChI=1S/C20H23NO2/c1-3-4-13-23-18-11-9-16(10-12-18)20(22)21-15(2)14-17-7-5-6-8-19(17)21/h5-12,15H,3-4,13-14H2,1-2H3/t15-/m1/s1. The van der Waals surface area contributed by atoms with Crippen LogP contribution in [0, 0.1) is 0 Å². The summed E-state index contributed by atoms with van der Waals surface area (Å²) < 4.78 is 5.66. The van der Waals surface area contributed by atoms with Crippen LogP contribution in [-0.2, 0) is 6.42 Å². The maximum absolute atomic E-state index is 12.9. The van der Waals surface area contributed by atoms with Crippen LogP contribution < -0.4 is 9.64 Å². The molecule has 120 valence electrons. The van der Waals surface area contributed by atoms with Crippen molar-refractivity contribution in [2.24, 2.45) is 0 Å². The first-order chi connectivity index (χ1) is 11.2. The van der Waals surface area contributed by atoms with Crippen molar-refractivity contribution in [3.05, 3.63) is 59.7 Å². The summed E-state index contributed by atoms with van der Waals surface area (Å²) in [4.78, 5) is 14.8. The normalized spacial score (nSPS) is 16.3. The summed E-state index contributed by atoms with van der Waals surface area (Å²) in [6.45, 7) is 4.96. The molecule has 1 heterocycles. The Hall–Kier alpha value is -2.29. The van der Waals surface area contributed by atoms with Gasteiger partial charge in [-0.25, -0.2) is 0 Å². The van der Waals surface area contributed by atoms with Gasteiger partial charge in [0.05, 0.1) is 6.61 Å². The Kier molecular flexibility index (Phi) is 4.65. The average molecular weight is 309 g/mol. The molecule has 1 atom stereocenters. The van der Waals surface area contributed by atoms with Crippen LogP contribution in [0.1, 0.15) is 42.6 Å². The van der Waals surface area contributed by atoms with E-state index in [1.54, 1.807) is 0 Å². The quantitative estimate of drug-likeness (QED) is 0.763. The van der Waals surface area contributed by atoms with Crippen molar-refractivity contribution in [2.75, 3.05) is 11.5 Å². The fourth-order valence-electron chi connectivity index (χ4n) is 3.04. The average Bonchev–Trinajstić information content (AvgIpc) is 2.91. The van der Waals surface area contributed by atoms with E-state index in [1.165, 1.54) is 5.56 Å². The van der Waals surface area contributed by atoms with E-state index in [1.807, 2.05) is 47.4 Å². The van der Waals surface area contributed by atoms with Gasteiger partial charge in [-0.2, -0.15) is 0 Å². The van der Waals surface area contributed by atoms with Crippen molar-refractivity contribution >= 4 is 11.6 Å². The second kappa shape index (κ2) is 6.86. The van der Waals surface area contributed by atoms with E-state index >= 15 is 0 Å². The van der Waals surface area contributed by atoms with Crippen molar-refractivity contribution in [1.29, 1.82) is 0 Å². The van der Waals surface area contributed by atoms with Crippen LogP contribution in [-0.4, -0.2) is 18.6 Å². The second-order valence-electron chi connectivity index (χ2n) is 6.08. The van der Waals surface area contributed by atoms with Crippen molar-refractivity contribution in [3.8, 4) is 5.75 Å². The molecule has 0 N–H and O–H groups in total. The Morgan fingerprint density at radius 3 is 2.65 bits per heavy atom. The summed E-state index contributed by atoms with van der Waals surface area (Å²) in [5.41, 5.74) is 2.98. The predicted molar refractivity (Wildman–Crippen MR) is 93.3 cm³/mol. The summed E-state index contributed by atoms with van der Waals surface area (Å²) in [6, 6.07) is 15.8. The number of unbranched alkanes of at least 4 members (excludes halogenated alkanes) is 1. The molecule has 0 fully saturated rings. The number of fused-ring (bicyclic) bond motifs is 1. The number of benzene rings is 2. The molecule has 0 saturated heterocycles. The van der Waals surface area contributed by atoms with Gasteiger partial charge in [-0.1, -0.05) is 31.5 Å². The molecule has 1 aliphatic heterocycles. The largest absolute Gasteiger partial charge is 0.494 e. The smallest absolute Gasteiger partial charge is 0.258 e. The van der Waals surface area contributed by atoms with Gasteiger partial charge in [0, 0.05) is 17.3 Å². The van der Waals surface area contributed by atoms with Gasteiger partial charge in [0.2, 0.25) is 0 Å². The highest BCUT2D eigenvalue weighted by molar-refractivity contribution is 6.07. The molecule has 1 amide bonds. The lowest BCUT2D eigenvalue weighted by atomic mass is 10.1. The zero-order valence-electron chi connectivity index (χ0n) is 13.8. The third kappa shape index (κ3) is 3.24. The van der Waals surface area contributed by atoms with E-state index in [9.17, 15) is 4.79 Å². The van der Waals surface area contributed by atoms with Crippen LogP contribution in [0.2, 0.25) is 0 Å². The van der Waals surface area contributed by atoms with Crippen molar-refractivity contribution in [2.45, 2.75) is 39.2 Å². The molecule has 0 aliphatic carbocycles. The lowest BCUT2D eigenvalue weighted by Gasteiger charge is -2.23. The maximum atomic E-state index is 12.9. The summed E-state index contributed by atoms with van der Waals surface area (Å²) >= 11 is 0. The molecule has 0 bridgehead atoms. The minimum atomic E-state index is 0.0579. The molecular formula is C20H23NO2. The van der Waals surface area contributed by atoms with Crippen molar-refractivity contribution < 1.29 is 9.53 Å². The highest BCUT2D eigenvalue weighted by Crippen LogP contribution is 2.33. The Labute approximate surface area is 137 Å². The third-order valence-corrected chi connectivity index (χ3v) is 4.29. The van der Waals surface area contributed by atoms with E-state index in [0.29, 0.717) is 5.56 Å². The molecule has 2 aromatic carbocycles. The summed E-state index contributed by atoms with van der Waals surface area (Å²) in [5, 5.41) is 0. The molecule has 3 nitrogen and oxygen atoms in total. The number of rotatable bonds is 5. The molecule has 0 radical (unpaired) electrons. The van der Waals surface area contributed by atoms with Crippen LogP contribution in [0.5, 0.6) is 5.75 Å². The number of para-hydroxylation sites is 1. The fraction of sp³-hybridized carbons (Fsp3) is 0.350. The number of ether oxygens (including phenoxy) is 1. The molecular weight excluding hydrogens is 286 g/mol. The molecule has 0 aromatic heterocycles. The lowest BCUT2D eigenvalue weighted by molar-refractivity contribution is 0.0981. The Bertz CT molecular complexity index is 678. The van der Waals surface area contributed by atoms with E-state index < -0.39 is 0 Å². The number of hydrogen-bond donors (Lipinski definition) is 0. The number of anilines is 1. The molecule has 23 heavy (non-hydrogen) atoms. The topological polar surface area (TPSA) is 29.5 Å². The molecule has 3 heteroatoms. The summed E-state index contributed by atoms with van der Waals surface area (Å²) in [7, 11) is 0. The van der Waals surface area contributed by atoms with Gasteiger partial charge < -0.3 is 9.64 Å². The van der Waals surface area contributed by atoms with E-state index in [-0.39, 0.29) is 11.9 Å². The van der Waals surface area contributed by atoms with E-state index in [0.717, 1.165) is 37.3 Å². The fourth-order valence-corrected chi connectivity index (χ4v) is 3.04. The highest BCUT2D eigenvalue weighted by atomic mass is 16.5. The Balaban J connectivity index is 1.76. The number of nitrogens with zero attached hydrogens (tertiary/aromatic N) is 1. The minimum Gasteiger partial charge on any atom is -0.494 e. The van der Waals surface area contributed by atoms with Crippen LogP contribution in [0.25, 0.3) is 0 Å². The molecule has 3 rings (SSSR count). The van der Waals surface area contributed by atoms with Gasteiger partial charge in [0.15, 0.2) is 0 Å². The lowest BCUT2D eigenvalue weighted by Crippen LogP contribution is -2.35. The highest BCUT2D eigenvalue weighted by Gasteiger charge is 2.31. The van der Waals surface area contributed by atoms with Gasteiger partial charge in [-0.3, -0.25) is 4.79 Å². The van der Waals surface area contributed by atoms with Gasteiger partial charge in [0.1, 0.15) is 5.75 Å². The van der Waals surface area contributed by atoms with E-state index in [2.05, 4.69) is 19.9 Å². The summed E-state index contributed by atoms with van der Waals surface area (Å²) in [5.74, 6) is 0.882. The molecule has 0 spiro atoms. The first-order valence-electron chi connectivity index (χ1n) is 8.35. The monoisotopic (exact) mass is 309 g/mol. The number of carbonyl (C=O) groups excluding carboxylic acids is 1. The van der Waals surface area contributed by atoms with Gasteiger partial charge in [0.25, 0.3) is 5.91 Å². The molecule has 0 saturated carbocycles. The number of hydrogen-bond acceptors (Lipinski definition) is 2. The van der Waals surface area contributed by atoms with Gasteiger partial charge in [-0.05, 0) is 55.7 Å². The molecule has 1 aliphatic rings. The number of carbonyl (C=O) groups is 1. The second-order valence-corrected chi connectivity index (χ2v) is 6.08. The first-order valence-corrected chi connectivity index (χ1v) is 8.35. The molecule has 0 unspecified atom stereocenters. The zero-order chi connectivity index (χ0) is 16.2. The van der Waals surface area contributed by atoms with Crippen LogP contribution in [0.3, 0.4) is 0 Å². The van der Waals surface area contributed by atoms with Crippen LogP contribution >= 0.6 is 0 Å². The van der Waals surface area contributed by atoms with Gasteiger partial charge in [-0.15, -0.1) is 0 Å². The van der Waals surface area contributed by atoms with Crippen molar-refractivity contribution in [3.63, 3.8) is 0 Å². The van der Waals surface area contributed by atoms with Crippen LogP contribution in [0.15, 0.2) is 48.5 Å². The Morgan fingerprint density at radius 1 is 1.17 bits per heavy atom. The summed E-state index contributed by atoms with van der Waals surface area (Å²) in [6.07, 6.45) is 3.08. The predicted octanol–water partition coefficient (Wildman–Crippen LogP) is 4.46. The number of amides is 1. The van der Waals surface area contributed by atoms with Gasteiger partial charge >= 0.3 is 0 Å². The maximum Gasteiger partial charge on any atom is 0.258 e. The molecule has 2 aromatic rings. The first kappa shape index (κ1) is 15.6. The SMILES string of the molecule is CCCCOc1ccc(C(=O)N2c3ccccc3C[C@H]2C)cc1. The van der Waals surface area contributed by atoms with Crippen LogP contribution in [0.4, 0.5) is 5.69 Å². The van der Waals surface area contributed by atoms with E-state index in [4.69, 9.17) is 4.74 Å². The Morgan fingerprint density at radius 2 is 1.91 bits per heavy atom. The third-order valence-electron chi connectivity index (χ3n) is 4.29.